The van der Waals surface area contributed by atoms with Crippen LogP contribution < -0.4 is 0 Å². The SMILES string of the molecule is COC(=O)c1cc(Cl)c2nnc(CC3CC3)n2c1. The zero-order chi connectivity index (χ0) is 12.7. The number of fused-ring (bicyclic) bond motifs is 1. The Morgan fingerprint density at radius 3 is 3.00 bits per heavy atom. The third-order valence-electron chi connectivity index (χ3n) is 3.12. The zero-order valence-corrected chi connectivity index (χ0v) is 10.6. The van der Waals surface area contributed by atoms with Gasteiger partial charge in [0.05, 0.1) is 17.7 Å². The average Bonchev–Trinajstić information content (AvgIpc) is 3.09. The van der Waals surface area contributed by atoms with E-state index in [1.807, 2.05) is 0 Å². The van der Waals surface area contributed by atoms with E-state index in [1.165, 1.54) is 20.0 Å². The van der Waals surface area contributed by atoms with Crippen molar-refractivity contribution in [1.82, 2.24) is 14.6 Å². The molecule has 2 heterocycles. The molecule has 0 N–H and O–H groups in total. The van der Waals surface area contributed by atoms with E-state index in [0.29, 0.717) is 22.2 Å². The lowest BCUT2D eigenvalue weighted by atomic mass is 10.2. The highest BCUT2D eigenvalue weighted by atomic mass is 35.5. The molecule has 0 bridgehead atoms. The first-order chi connectivity index (χ1) is 8.69. The molecule has 0 atom stereocenters. The van der Waals surface area contributed by atoms with Crippen molar-refractivity contribution in [3.63, 3.8) is 0 Å². The van der Waals surface area contributed by atoms with E-state index in [2.05, 4.69) is 10.2 Å². The first-order valence-corrected chi connectivity index (χ1v) is 6.18. The fourth-order valence-electron chi connectivity index (χ4n) is 1.95. The summed E-state index contributed by atoms with van der Waals surface area (Å²) in [6, 6.07) is 1.55. The lowest BCUT2D eigenvalue weighted by molar-refractivity contribution is 0.0600. The third kappa shape index (κ3) is 1.95. The summed E-state index contributed by atoms with van der Waals surface area (Å²) in [7, 11) is 1.34. The van der Waals surface area contributed by atoms with Gasteiger partial charge in [0.15, 0.2) is 5.65 Å². The molecule has 0 spiro atoms. The Morgan fingerprint density at radius 1 is 1.56 bits per heavy atom. The molecule has 0 amide bonds. The Morgan fingerprint density at radius 2 is 2.33 bits per heavy atom. The summed E-state index contributed by atoms with van der Waals surface area (Å²) >= 11 is 6.10. The molecule has 3 rings (SSSR count). The van der Waals surface area contributed by atoms with E-state index in [4.69, 9.17) is 16.3 Å². The van der Waals surface area contributed by atoms with Crippen LogP contribution in [0, 0.1) is 5.92 Å². The lowest BCUT2D eigenvalue weighted by Crippen LogP contribution is -2.05. The smallest absolute Gasteiger partial charge is 0.339 e. The molecule has 0 unspecified atom stereocenters. The summed E-state index contributed by atoms with van der Waals surface area (Å²) in [5, 5.41) is 8.60. The summed E-state index contributed by atoms with van der Waals surface area (Å²) < 4.78 is 6.48. The van der Waals surface area contributed by atoms with Gasteiger partial charge in [0.2, 0.25) is 0 Å². The molecule has 0 aromatic carbocycles. The van der Waals surface area contributed by atoms with Gasteiger partial charge in [-0.2, -0.15) is 0 Å². The topological polar surface area (TPSA) is 56.5 Å². The van der Waals surface area contributed by atoms with Crippen molar-refractivity contribution in [3.8, 4) is 0 Å². The number of esters is 1. The molecule has 2 aromatic heterocycles. The van der Waals surface area contributed by atoms with Crippen LogP contribution in [0.4, 0.5) is 0 Å². The maximum Gasteiger partial charge on any atom is 0.339 e. The van der Waals surface area contributed by atoms with E-state index < -0.39 is 5.97 Å². The molecular weight excluding hydrogens is 254 g/mol. The lowest BCUT2D eigenvalue weighted by Gasteiger charge is -2.03. The van der Waals surface area contributed by atoms with Crippen LogP contribution in [0.2, 0.25) is 5.02 Å². The van der Waals surface area contributed by atoms with Gasteiger partial charge in [-0.1, -0.05) is 11.6 Å². The highest BCUT2D eigenvalue weighted by Crippen LogP contribution is 2.32. The van der Waals surface area contributed by atoms with Crippen molar-refractivity contribution in [2.45, 2.75) is 19.3 Å². The van der Waals surface area contributed by atoms with Gasteiger partial charge in [-0.15, -0.1) is 10.2 Å². The monoisotopic (exact) mass is 265 g/mol. The summed E-state index contributed by atoms with van der Waals surface area (Å²) in [6.45, 7) is 0. The van der Waals surface area contributed by atoms with E-state index in [0.717, 1.165) is 12.2 Å². The maximum atomic E-state index is 11.5. The molecule has 1 fully saturated rings. The molecule has 6 heteroatoms. The Balaban J connectivity index is 2.09. The second-order valence-electron chi connectivity index (χ2n) is 4.53. The standard InChI is InChI=1S/C12H12ClN3O2/c1-18-12(17)8-5-9(13)11-15-14-10(16(11)6-8)4-7-2-3-7/h5-7H,2-4H2,1H3. The van der Waals surface area contributed by atoms with E-state index in [1.54, 1.807) is 16.7 Å². The quantitative estimate of drug-likeness (QED) is 0.798. The first kappa shape index (κ1) is 11.5. The van der Waals surface area contributed by atoms with Gasteiger partial charge in [-0.05, 0) is 24.8 Å². The van der Waals surface area contributed by atoms with Crippen molar-refractivity contribution < 1.29 is 9.53 Å². The molecule has 0 aliphatic heterocycles. The van der Waals surface area contributed by atoms with Gasteiger partial charge in [-0.25, -0.2) is 4.79 Å². The van der Waals surface area contributed by atoms with Crippen LogP contribution in [-0.4, -0.2) is 27.7 Å². The first-order valence-electron chi connectivity index (χ1n) is 5.80. The van der Waals surface area contributed by atoms with Crippen molar-refractivity contribution in [2.75, 3.05) is 7.11 Å². The van der Waals surface area contributed by atoms with Gasteiger partial charge in [0.1, 0.15) is 5.82 Å². The third-order valence-corrected chi connectivity index (χ3v) is 3.40. The number of hydrogen-bond donors (Lipinski definition) is 0. The van der Waals surface area contributed by atoms with Crippen LogP contribution in [0.5, 0.6) is 0 Å². The van der Waals surface area contributed by atoms with Crippen molar-refractivity contribution in [3.05, 3.63) is 28.7 Å². The predicted molar refractivity (Wildman–Crippen MR) is 65.8 cm³/mol. The minimum Gasteiger partial charge on any atom is -0.465 e. The summed E-state index contributed by atoms with van der Waals surface area (Å²) in [6.07, 6.45) is 5.03. The Hall–Kier alpha value is -1.62. The van der Waals surface area contributed by atoms with Gasteiger partial charge in [0, 0.05) is 12.6 Å². The van der Waals surface area contributed by atoms with Crippen LogP contribution in [-0.2, 0) is 11.2 Å². The Bertz CT molecular complexity index is 619. The van der Waals surface area contributed by atoms with E-state index >= 15 is 0 Å². The molecule has 1 aliphatic rings. The summed E-state index contributed by atoms with van der Waals surface area (Å²) in [5.74, 6) is 1.13. The number of aromatic nitrogens is 3. The Kier molecular flexibility index (Phi) is 2.70. The highest BCUT2D eigenvalue weighted by molar-refractivity contribution is 6.33. The number of halogens is 1. The maximum absolute atomic E-state index is 11.5. The number of hydrogen-bond acceptors (Lipinski definition) is 4. The average molecular weight is 266 g/mol. The van der Waals surface area contributed by atoms with Gasteiger partial charge < -0.3 is 4.74 Å². The molecule has 18 heavy (non-hydrogen) atoms. The molecule has 1 saturated carbocycles. The van der Waals surface area contributed by atoms with Gasteiger partial charge in [-0.3, -0.25) is 4.40 Å². The number of ether oxygens (including phenoxy) is 1. The molecule has 0 radical (unpaired) electrons. The zero-order valence-electron chi connectivity index (χ0n) is 9.89. The fraction of sp³-hybridized carbons (Fsp3) is 0.417. The number of nitrogens with zero attached hydrogens (tertiary/aromatic N) is 3. The fourth-order valence-corrected chi connectivity index (χ4v) is 2.19. The minimum absolute atomic E-state index is 0.409. The van der Waals surface area contributed by atoms with Crippen LogP contribution in [0.1, 0.15) is 29.0 Å². The molecular formula is C12H12ClN3O2. The normalized spacial score (nSPS) is 15.0. The van der Waals surface area contributed by atoms with Crippen LogP contribution >= 0.6 is 11.6 Å². The molecule has 94 valence electrons. The van der Waals surface area contributed by atoms with Gasteiger partial charge in [0.25, 0.3) is 0 Å². The van der Waals surface area contributed by atoms with Gasteiger partial charge >= 0.3 is 5.97 Å². The summed E-state index contributed by atoms with van der Waals surface area (Å²) in [4.78, 5) is 11.5. The van der Waals surface area contributed by atoms with E-state index in [9.17, 15) is 4.79 Å². The van der Waals surface area contributed by atoms with Crippen LogP contribution in [0.3, 0.4) is 0 Å². The Labute approximate surface area is 109 Å². The number of carbonyl (C=O) groups excluding carboxylic acids is 1. The van der Waals surface area contributed by atoms with E-state index in [-0.39, 0.29) is 0 Å². The molecule has 2 aromatic rings. The number of pyridine rings is 1. The van der Waals surface area contributed by atoms with Crippen LogP contribution in [0.15, 0.2) is 12.3 Å². The largest absolute Gasteiger partial charge is 0.465 e. The van der Waals surface area contributed by atoms with Crippen LogP contribution in [0.25, 0.3) is 5.65 Å². The van der Waals surface area contributed by atoms with Crippen molar-refractivity contribution >= 4 is 23.2 Å². The number of methoxy groups -OCH3 is 1. The van der Waals surface area contributed by atoms with Crippen molar-refractivity contribution in [2.24, 2.45) is 5.92 Å². The molecule has 1 aliphatic carbocycles. The second kappa shape index (κ2) is 4.24. The summed E-state index contributed by atoms with van der Waals surface area (Å²) in [5.41, 5.74) is 0.992. The minimum atomic E-state index is -0.412. The molecule has 5 nitrogen and oxygen atoms in total. The second-order valence-corrected chi connectivity index (χ2v) is 4.93. The van der Waals surface area contributed by atoms with Crippen molar-refractivity contribution in [1.29, 1.82) is 0 Å². The number of rotatable bonds is 3. The molecule has 0 saturated heterocycles. The number of carbonyl (C=O) groups is 1. The highest BCUT2D eigenvalue weighted by Gasteiger charge is 2.24. The predicted octanol–water partition coefficient (Wildman–Crippen LogP) is 2.12.